The van der Waals surface area contributed by atoms with Crippen LogP contribution in [-0.4, -0.2) is 34.6 Å². The lowest BCUT2D eigenvalue weighted by Gasteiger charge is -2.15. The number of pyridine rings is 1. The molecule has 2 heterocycles. The Morgan fingerprint density at radius 2 is 2.05 bits per heavy atom. The number of para-hydroxylation sites is 1. The fourth-order valence-electron chi connectivity index (χ4n) is 2.71. The number of rotatable bonds is 4. The van der Waals surface area contributed by atoms with Gasteiger partial charge in [0.1, 0.15) is 5.03 Å². The number of carbonyl (C=O) groups excluding carboxylic acids is 1. The van der Waals surface area contributed by atoms with E-state index in [1.807, 2.05) is 23.1 Å². The molecule has 21 heavy (non-hydrogen) atoms. The van der Waals surface area contributed by atoms with E-state index in [4.69, 9.17) is 4.98 Å². The number of hydrogen-bond donors (Lipinski definition) is 0. The maximum absolute atomic E-state index is 12.2. The van der Waals surface area contributed by atoms with Gasteiger partial charge in [-0.1, -0.05) is 36.9 Å². The summed E-state index contributed by atoms with van der Waals surface area (Å²) in [5.41, 5.74) is 2.23. The Morgan fingerprint density at radius 3 is 2.81 bits per heavy atom. The van der Waals surface area contributed by atoms with Crippen LogP contribution in [0.4, 0.5) is 0 Å². The molecule has 110 valence electrons. The summed E-state index contributed by atoms with van der Waals surface area (Å²) in [5.74, 6) is 0.743. The van der Waals surface area contributed by atoms with E-state index < -0.39 is 0 Å². The van der Waals surface area contributed by atoms with Crippen molar-refractivity contribution >= 4 is 28.6 Å². The number of likely N-dealkylation sites (tertiary alicyclic amines) is 1. The SMILES string of the molecule is CCc1cc2ccccc2nc1SCC(=O)N1CCCC1. The molecule has 3 rings (SSSR count). The lowest BCUT2D eigenvalue weighted by molar-refractivity contribution is -0.127. The Balaban J connectivity index is 1.77. The first-order chi connectivity index (χ1) is 10.3. The normalized spacial score (nSPS) is 14.8. The maximum Gasteiger partial charge on any atom is 0.232 e. The zero-order valence-electron chi connectivity index (χ0n) is 12.3. The van der Waals surface area contributed by atoms with Gasteiger partial charge in [0.25, 0.3) is 0 Å². The predicted octanol–water partition coefficient (Wildman–Crippen LogP) is 3.51. The topological polar surface area (TPSA) is 33.2 Å². The van der Waals surface area contributed by atoms with E-state index in [9.17, 15) is 4.79 Å². The molecule has 1 aliphatic rings. The number of aromatic nitrogens is 1. The molecule has 2 aromatic rings. The van der Waals surface area contributed by atoms with Crippen molar-refractivity contribution in [1.82, 2.24) is 9.88 Å². The summed E-state index contributed by atoms with van der Waals surface area (Å²) >= 11 is 1.58. The van der Waals surface area contributed by atoms with Crippen molar-refractivity contribution in [3.63, 3.8) is 0 Å². The minimum Gasteiger partial charge on any atom is -0.342 e. The second-order valence-corrected chi connectivity index (χ2v) is 6.34. The van der Waals surface area contributed by atoms with E-state index in [0.717, 1.165) is 42.9 Å². The molecule has 0 atom stereocenters. The monoisotopic (exact) mass is 300 g/mol. The molecule has 0 saturated carbocycles. The highest BCUT2D eigenvalue weighted by Gasteiger charge is 2.18. The molecule has 0 unspecified atom stereocenters. The van der Waals surface area contributed by atoms with Crippen molar-refractivity contribution in [3.05, 3.63) is 35.9 Å². The molecular weight excluding hydrogens is 280 g/mol. The quantitative estimate of drug-likeness (QED) is 0.810. The first-order valence-electron chi connectivity index (χ1n) is 7.57. The zero-order chi connectivity index (χ0) is 14.7. The van der Waals surface area contributed by atoms with Crippen LogP contribution in [0.2, 0.25) is 0 Å². The van der Waals surface area contributed by atoms with Gasteiger partial charge in [-0.25, -0.2) is 4.98 Å². The Labute approximate surface area is 129 Å². The van der Waals surface area contributed by atoms with E-state index in [1.54, 1.807) is 11.8 Å². The highest BCUT2D eigenvalue weighted by atomic mass is 32.2. The van der Waals surface area contributed by atoms with Crippen LogP contribution in [0.3, 0.4) is 0 Å². The van der Waals surface area contributed by atoms with Gasteiger partial charge in [-0.2, -0.15) is 0 Å². The van der Waals surface area contributed by atoms with E-state index in [1.165, 1.54) is 10.9 Å². The van der Waals surface area contributed by atoms with Crippen molar-refractivity contribution in [1.29, 1.82) is 0 Å². The van der Waals surface area contributed by atoms with Crippen LogP contribution in [0.5, 0.6) is 0 Å². The maximum atomic E-state index is 12.2. The van der Waals surface area contributed by atoms with Gasteiger partial charge >= 0.3 is 0 Å². The van der Waals surface area contributed by atoms with Gasteiger partial charge in [0.05, 0.1) is 11.3 Å². The minimum absolute atomic E-state index is 0.245. The third-order valence-corrected chi connectivity index (χ3v) is 4.95. The van der Waals surface area contributed by atoms with Crippen LogP contribution < -0.4 is 0 Å². The lowest BCUT2D eigenvalue weighted by Crippen LogP contribution is -2.29. The van der Waals surface area contributed by atoms with Crippen molar-refractivity contribution in [2.24, 2.45) is 0 Å². The molecule has 1 fully saturated rings. The van der Waals surface area contributed by atoms with E-state index in [0.29, 0.717) is 5.75 Å². The Bertz CT molecular complexity index is 650. The van der Waals surface area contributed by atoms with Crippen molar-refractivity contribution in [2.45, 2.75) is 31.2 Å². The summed E-state index contributed by atoms with van der Waals surface area (Å²) in [6.07, 6.45) is 3.23. The molecule has 1 amide bonds. The zero-order valence-corrected chi connectivity index (χ0v) is 13.2. The summed E-state index contributed by atoms with van der Waals surface area (Å²) in [4.78, 5) is 18.9. The fraction of sp³-hybridized carbons (Fsp3) is 0.412. The first kappa shape index (κ1) is 14.4. The standard InChI is InChI=1S/C17H20N2OS/c1-2-13-11-14-7-3-4-8-15(14)18-17(13)21-12-16(20)19-9-5-6-10-19/h3-4,7-8,11H,2,5-6,9-10,12H2,1H3. The third-order valence-electron chi connectivity index (χ3n) is 3.94. The van der Waals surface area contributed by atoms with Crippen LogP contribution in [-0.2, 0) is 11.2 Å². The number of hydrogen-bond acceptors (Lipinski definition) is 3. The van der Waals surface area contributed by atoms with Gasteiger partial charge in [-0.15, -0.1) is 0 Å². The average Bonchev–Trinajstić information content (AvgIpc) is 3.06. The van der Waals surface area contributed by atoms with E-state index >= 15 is 0 Å². The minimum atomic E-state index is 0.245. The Kier molecular flexibility index (Phi) is 4.44. The van der Waals surface area contributed by atoms with Gasteiger partial charge in [0.2, 0.25) is 5.91 Å². The molecule has 0 radical (unpaired) electrons. The smallest absolute Gasteiger partial charge is 0.232 e. The number of aryl methyl sites for hydroxylation is 1. The number of fused-ring (bicyclic) bond motifs is 1. The lowest BCUT2D eigenvalue weighted by atomic mass is 10.1. The van der Waals surface area contributed by atoms with Gasteiger partial charge < -0.3 is 4.90 Å². The molecule has 1 aliphatic heterocycles. The van der Waals surface area contributed by atoms with Crippen LogP contribution in [0.15, 0.2) is 35.4 Å². The molecule has 0 spiro atoms. The molecule has 0 bridgehead atoms. The second-order valence-electron chi connectivity index (χ2n) is 5.38. The van der Waals surface area contributed by atoms with Gasteiger partial charge in [0, 0.05) is 18.5 Å². The highest BCUT2D eigenvalue weighted by Crippen LogP contribution is 2.26. The van der Waals surface area contributed by atoms with Crippen LogP contribution in [0.25, 0.3) is 10.9 Å². The number of amides is 1. The third kappa shape index (κ3) is 3.21. The fourth-order valence-corrected chi connectivity index (χ4v) is 3.70. The highest BCUT2D eigenvalue weighted by molar-refractivity contribution is 7.99. The second kappa shape index (κ2) is 6.48. The predicted molar refractivity (Wildman–Crippen MR) is 87.7 cm³/mol. The van der Waals surface area contributed by atoms with Crippen LogP contribution in [0.1, 0.15) is 25.3 Å². The van der Waals surface area contributed by atoms with Crippen molar-refractivity contribution < 1.29 is 4.79 Å². The number of benzene rings is 1. The van der Waals surface area contributed by atoms with E-state index in [2.05, 4.69) is 19.1 Å². The molecule has 1 aromatic carbocycles. The molecule has 1 aromatic heterocycles. The molecular formula is C17H20N2OS. The van der Waals surface area contributed by atoms with Crippen molar-refractivity contribution in [2.75, 3.05) is 18.8 Å². The Morgan fingerprint density at radius 1 is 1.29 bits per heavy atom. The molecule has 0 N–H and O–H groups in total. The van der Waals surface area contributed by atoms with Crippen molar-refractivity contribution in [3.8, 4) is 0 Å². The van der Waals surface area contributed by atoms with Gasteiger partial charge in [0.15, 0.2) is 0 Å². The summed E-state index contributed by atoms with van der Waals surface area (Å²) in [5, 5.41) is 2.17. The number of carbonyl (C=O) groups is 1. The summed E-state index contributed by atoms with van der Waals surface area (Å²) in [7, 11) is 0. The Hall–Kier alpha value is -1.55. The summed E-state index contributed by atoms with van der Waals surface area (Å²) in [6, 6.07) is 10.4. The first-order valence-corrected chi connectivity index (χ1v) is 8.55. The largest absolute Gasteiger partial charge is 0.342 e. The average molecular weight is 300 g/mol. The molecule has 3 nitrogen and oxygen atoms in total. The van der Waals surface area contributed by atoms with E-state index in [-0.39, 0.29) is 5.91 Å². The molecule has 1 saturated heterocycles. The van der Waals surface area contributed by atoms with Crippen LogP contribution in [0, 0.1) is 0 Å². The number of thioether (sulfide) groups is 1. The number of nitrogens with zero attached hydrogens (tertiary/aromatic N) is 2. The summed E-state index contributed by atoms with van der Waals surface area (Å²) in [6.45, 7) is 3.98. The van der Waals surface area contributed by atoms with Crippen LogP contribution >= 0.6 is 11.8 Å². The summed E-state index contributed by atoms with van der Waals surface area (Å²) < 4.78 is 0. The molecule has 0 aliphatic carbocycles. The van der Waals surface area contributed by atoms with Gasteiger partial charge in [-0.3, -0.25) is 4.79 Å². The molecule has 4 heteroatoms. The van der Waals surface area contributed by atoms with Gasteiger partial charge in [-0.05, 0) is 37.0 Å².